The predicted octanol–water partition coefficient (Wildman–Crippen LogP) is 3.51. The van der Waals surface area contributed by atoms with Gasteiger partial charge in [0.05, 0.1) is 0 Å². The molecular formula is C12H19BrN2. The number of aromatic nitrogens is 1. The predicted molar refractivity (Wildman–Crippen MR) is 67.8 cm³/mol. The second kappa shape index (κ2) is 5.61. The van der Waals surface area contributed by atoms with Crippen LogP contribution in [0, 0.1) is 0 Å². The maximum absolute atomic E-state index is 4.15. The molecule has 3 heteroatoms. The van der Waals surface area contributed by atoms with E-state index in [0.717, 1.165) is 23.9 Å². The topological polar surface area (TPSA) is 24.9 Å². The molecule has 0 saturated carbocycles. The third kappa shape index (κ3) is 3.92. The monoisotopic (exact) mass is 270 g/mol. The number of hydrogen-bond donors (Lipinski definition) is 1. The van der Waals surface area contributed by atoms with E-state index in [1.807, 2.05) is 12.4 Å². The molecule has 1 heterocycles. The normalized spacial score (nSPS) is 11.7. The van der Waals surface area contributed by atoms with Gasteiger partial charge in [-0.25, -0.2) is 0 Å². The van der Waals surface area contributed by atoms with Crippen molar-refractivity contribution in [2.75, 3.05) is 0 Å². The van der Waals surface area contributed by atoms with Crippen molar-refractivity contribution in [3.63, 3.8) is 0 Å². The summed E-state index contributed by atoms with van der Waals surface area (Å²) >= 11 is 3.43. The van der Waals surface area contributed by atoms with E-state index < -0.39 is 0 Å². The van der Waals surface area contributed by atoms with Gasteiger partial charge < -0.3 is 5.32 Å². The van der Waals surface area contributed by atoms with Gasteiger partial charge in [0.1, 0.15) is 0 Å². The van der Waals surface area contributed by atoms with Crippen molar-refractivity contribution >= 4 is 15.9 Å². The molecule has 0 aliphatic rings. The largest absolute Gasteiger partial charge is 0.307 e. The number of halogens is 1. The van der Waals surface area contributed by atoms with Crippen molar-refractivity contribution in [1.82, 2.24) is 10.3 Å². The number of nitrogens with one attached hydrogen (secondary N) is 1. The Kier molecular flexibility index (Phi) is 4.74. The average Bonchev–Trinajstić information content (AvgIpc) is 2.26. The lowest BCUT2D eigenvalue weighted by atomic mass is 9.95. The molecule has 0 fully saturated rings. The Morgan fingerprint density at radius 1 is 1.33 bits per heavy atom. The fourth-order valence-electron chi connectivity index (χ4n) is 1.37. The summed E-state index contributed by atoms with van der Waals surface area (Å²) in [5.74, 6) is 0. The van der Waals surface area contributed by atoms with Gasteiger partial charge in [0.25, 0.3) is 0 Å². The van der Waals surface area contributed by atoms with E-state index >= 15 is 0 Å². The van der Waals surface area contributed by atoms with Crippen LogP contribution in [0.3, 0.4) is 0 Å². The van der Waals surface area contributed by atoms with Gasteiger partial charge in [0.15, 0.2) is 0 Å². The van der Waals surface area contributed by atoms with Gasteiger partial charge in [-0.15, -0.1) is 0 Å². The zero-order valence-electron chi connectivity index (χ0n) is 9.68. The van der Waals surface area contributed by atoms with E-state index in [0.29, 0.717) is 0 Å². The second-order valence-corrected chi connectivity index (χ2v) is 5.05. The van der Waals surface area contributed by atoms with Crippen LogP contribution in [0.4, 0.5) is 0 Å². The van der Waals surface area contributed by atoms with Gasteiger partial charge in [-0.05, 0) is 47.3 Å². The summed E-state index contributed by atoms with van der Waals surface area (Å²) < 4.78 is 1.04. The van der Waals surface area contributed by atoms with Crippen molar-refractivity contribution in [2.45, 2.75) is 45.7 Å². The summed E-state index contributed by atoms with van der Waals surface area (Å²) in [6, 6.07) is 2.10. The molecule has 1 N–H and O–H groups in total. The fraction of sp³-hybridized carbons (Fsp3) is 0.583. The van der Waals surface area contributed by atoms with Crippen LogP contribution >= 0.6 is 15.9 Å². The van der Waals surface area contributed by atoms with Crippen LogP contribution in [0.5, 0.6) is 0 Å². The zero-order valence-corrected chi connectivity index (χ0v) is 11.3. The molecule has 0 spiro atoms. The summed E-state index contributed by atoms with van der Waals surface area (Å²) in [5.41, 5.74) is 1.46. The standard InChI is InChI=1S/C12H19BrN2/c1-4-12(3,5-2)15-8-10-6-11(13)9-14-7-10/h6-7,9,15H,4-5,8H2,1-3H3. The highest BCUT2D eigenvalue weighted by Gasteiger charge is 2.17. The maximum atomic E-state index is 4.15. The Bertz CT molecular complexity index is 308. The highest BCUT2D eigenvalue weighted by molar-refractivity contribution is 9.10. The summed E-state index contributed by atoms with van der Waals surface area (Å²) in [7, 11) is 0. The Morgan fingerprint density at radius 3 is 2.53 bits per heavy atom. The minimum Gasteiger partial charge on any atom is -0.307 e. The molecule has 0 radical (unpaired) electrons. The van der Waals surface area contributed by atoms with Crippen molar-refractivity contribution < 1.29 is 0 Å². The molecule has 2 nitrogen and oxygen atoms in total. The highest BCUT2D eigenvalue weighted by atomic mass is 79.9. The van der Waals surface area contributed by atoms with Gasteiger partial charge in [0.2, 0.25) is 0 Å². The molecule has 0 bridgehead atoms. The molecule has 0 unspecified atom stereocenters. The van der Waals surface area contributed by atoms with Crippen LogP contribution in [0.2, 0.25) is 0 Å². The summed E-state index contributed by atoms with van der Waals surface area (Å²) in [6.45, 7) is 7.58. The van der Waals surface area contributed by atoms with Crippen LogP contribution in [-0.4, -0.2) is 10.5 Å². The van der Waals surface area contributed by atoms with Gasteiger partial charge in [0, 0.05) is 29.0 Å². The first-order chi connectivity index (χ1) is 7.09. The van der Waals surface area contributed by atoms with Crippen LogP contribution < -0.4 is 5.32 Å². The lowest BCUT2D eigenvalue weighted by molar-refractivity contribution is 0.329. The molecule has 1 aromatic heterocycles. The maximum Gasteiger partial charge on any atom is 0.0410 e. The first-order valence-corrected chi connectivity index (χ1v) is 6.23. The lowest BCUT2D eigenvalue weighted by Crippen LogP contribution is -2.40. The summed E-state index contributed by atoms with van der Waals surface area (Å²) in [5, 5.41) is 3.58. The van der Waals surface area contributed by atoms with Crippen molar-refractivity contribution in [3.8, 4) is 0 Å². The molecule has 0 aliphatic heterocycles. The Hall–Kier alpha value is -0.410. The van der Waals surface area contributed by atoms with E-state index in [2.05, 4.69) is 53.1 Å². The molecule has 0 atom stereocenters. The zero-order chi connectivity index (χ0) is 11.3. The van der Waals surface area contributed by atoms with Gasteiger partial charge >= 0.3 is 0 Å². The Morgan fingerprint density at radius 2 is 2.00 bits per heavy atom. The Balaban J connectivity index is 2.56. The molecule has 1 rings (SSSR count). The Labute approximate surface area is 101 Å². The summed E-state index contributed by atoms with van der Waals surface area (Å²) in [6.07, 6.45) is 6.00. The average molecular weight is 271 g/mol. The number of pyridine rings is 1. The van der Waals surface area contributed by atoms with E-state index in [1.165, 1.54) is 5.56 Å². The fourth-order valence-corrected chi connectivity index (χ4v) is 1.78. The van der Waals surface area contributed by atoms with E-state index in [9.17, 15) is 0 Å². The highest BCUT2D eigenvalue weighted by Crippen LogP contribution is 2.15. The minimum atomic E-state index is 0.238. The van der Waals surface area contributed by atoms with Crippen LogP contribution in [0.1, 0.15) is 39.2 Å². The smallest absolute Gasteiger partial charge is 0.0410 e. The molecule has 84 valence electrons. The molecule has 0 aliphatic carbocycles. The SMILES string of the molecule is CCC(C)(CC)NCc1cncc(Br)c1. The first-order valence-electron chi connectivity index (χ1n) is 5.44. The van der Waals surface area contributed by atoms with Crippen LogP contribution in [0.25, 0.3) is 0 Å². The van der Waals surface area contributed by atoms with Gasteiger partial charge in [-0.1, -0.05) is 13.8 Å². The van der Waals surface area contributed by atoms with Crippen LogP contribution in [0.15, 0.2) is 22.9 Å². The van der Waals surface area contributed by atoms with E-state index in [1.54, 1.807) is 0 Å². The second-order valence-electron chi connectivity index (χ2n) is 4.13. The summed E-state index contributed by atoms with van der Waals surface area (Å²) in [4.78, 5) is 4.15. The number of nitrogens with zero attached hydrogens (tertiary/aromatic N) is 1. The van der Waals surface area contributed by atoms with Gasteiger partial charge in [-0.2, -0.15) is 0 Å². The van der Waals surface area contributed by atoms with Crippen molar-refractivity contribution in [2.24, 2.45) is 0 Å². The van der Waals surface area contributed by atoms with Crippen molar-refractivity contribution in [1.29, 1.82) is 0 Å². The molecule has 15 heavy (non-hydrogen) atoms. The molecule has 0 amide bonds. The van der Waals surface area contributed by atoms with Gasteiger partial charge in [-0.3, -0.25) is 4.98 Å². The number of rotatable bonds is 5. The molecule has 0 saturated heterocycles. The molecular weight excluding hydrogens is 252 g/mol. The van der Waals surface area contributed by atoms with E-state index in [-0.39, 0.29) is 5.54 Å². The van der Waals surface area contributed by atoms with Crippen molar-refractivity contribution in [3.05, 3.63) is 28.5 Å². The molecule has 0 aromatic carbocycles. The third-order valence-electron chi connectivity index (χ3n) is 3.04. The lowest BCUT2D eigenvalue weighted by Gasteiger charge is -2.28. The third-order valence-corrected chi connectivity index (χ3v) is 3.48. The number of hydrogen-bond acceptors (Lipinski definition) is 2. The minimum absolute atomic E-state index is 0.238. The first kappa shape index (κ1) is 12.7. The molecule has 1 aromatic rings. The van der Waals surface area contributed by atoms with Crippen LogP contribution in [-0.2, 0) is 6.54 Å². The quantitative estimate of drug-likeness (QED) is 0.886. The van der Waals surface area contributed by atoms with E-state index in [4.69, 9.17) is 0 Å².